The van der Waals surface area contributed by atoms with Gasteiger partial charge >= 0.3 is 6.03 Å². The van der Waals surface area contributed by atoms with Crippen LogP contribution in [-0.2, 0) is 4.79 Å². The molecule has 1 heterocycles. The molecular formula is C10H14N2O2. The fourth-order valence-corrected chi connectivity index (χ4v) is 1.39. The number of carbonyl (C=O) groups is 2. The highest BCUT2D eigenvalue weighted by atomic mass is 16.2. The Labute approximate surface area is 83.9 Å². The van der Waals surface area contributed by atoms with Crippen molar-refractivity contribution in [2.45, 2.75) is 12.8 Å². The highest BCUT2D eigenvalue weighted by Crippen LogP contribution is 2.07. The lowest BCUT2D eigenvalue weighted by Gasteiger charge is -2.29. The van der Waals surface area contributed by atoms with Crippen molar-refractivity contribution < 1.29 is 9.59 Å². The lowest BCUT2D eigenvalue weighted by Crippen LogP contribution is -2.45. The number of amides is 2. The summed E-state index contributed by atoms with van der Waals surface area (Å²) in [6.07, 6.45) is 6.04. The summed E-state index contributed by atoms with van der Waals surface area (Å²) in [6, 6.07) is -0.0875. The van der Waals surface area contributed by atoms with Crippen LogP contribution in [0.5, 0.6) is 0 Å². The van der Waals surface area contributed by atoms with E-state index in [0.29, 0.717) is 32.5 Å². The molecule has 76 valence electrons. The Morgan fingerprint density at radius 2 is 2.14 bits per heavy atom. The Hall–Kier alpha value is -1.50. The van der Waals surface area contributed by atoms with E-state index in [-0.39, 0.29) is 11.8 Å². The number of Topliss-reactive ketones (excluding diaryl/α,β-unsaturated/α-hetero) is 1. The first kappa shape index (κ1) is 10.6. The summed E-state index contributed by atoms with van der Waals surface area (Å²) in [7, 11) is 1.67. The van der Waals surface area contributed by atoms with Gasteiger partial charge in [0.15, 0.2) is 0 Å². The van der Waals surface area contributed by atoms with E-state index in [1.54, 1.807) is 11.9 Å². The van der Waals surface area contributed by atoms with Gasteiger partial charge in [-0.1, -0.05) is 5.92 Å². The van der Waals surface area contributed by atoms with Crippen LogP contribution in [-0.4, -0.2) is 48.3 Å². The molecule has 0 atom stereocenters. The molecule has 0 bridgehead atoms. The lowest BCUT2D eigenvalue weighted by atomic mass is 10.1. The summed E-state index contributed by atoms with van der Waals surface area (Å²) in [5, 5.41) is 0. The number of piperidine rings is 1. The van der Waals surface area contributed by atoms with Crippen LogP contribution in [0.25, 0.3) is 0 Å². The number of rotatable bonds is 1. The summed E-state index contributed by atoms with van der Waals surface area (Å²) in [6.45, 7) is 1.35. The van der Waals surface area contributed by atoms with Crippen LogP contribution in [0.2, 0.25) is 0 Å². The van der Waals surface area contributed by atoms with Crippen molar-refractivity contribution in [3.63, 3.8) is 0 Å². The fraction of sp³-hybridized carbons (Fsp3) is 0.600. The Morgan fingerprint density at radius 1 is 1.57 bits per heavy atom. The van der Waals surface area contributed by atoms with Crippen LogP contribution < -0.4 is 0 Å². The van der Waals surface area contributed by atoms with Crippen LogP contribution in [0.3, 0.4) is 0 Å². The van der Waals surface area contributed by atoms with E-state index in [9.17, 15) is 9.59 Å². The molecule has 0 aromatic rings. The zero-order valence-corrected chi connectivity index (χ0v) is 8.32. The summed E-state index contributed by atoms with van der Waals surface area (Å²) >= 11 is 0. The molecule has 1 rings (SSSR count). The lowest BCUT2D eigenvalue weighted by molar-refractivity contribution is -0.120. The van der Waals surface area contributed by atoms with Gasteiger partial charge in [0.1, 0.15) is 5.78 Å². The fourth-order valence-electron chi connectivity index (χ4n) is 1.39. The molecule has 0 aromatic heterocycles. The zero-order chi connectivity index (χ0) is 10.6. The largest absolute Gasteiger partial charge is 0.324 e. The van der Waals surface area contributed by atoms with E-state index < -0.39 is 0 Å². The van der Waals surface area contributed by atoms with Gasteiger partial charge in [0.05, 0.1) is 6.54 Å². The number of ketones is 1. The second kappa shape index (κ2) is 4.66. The highest BCUT2D eigenvalue weighted by molar-refractivity contribution is 5.82. The molecule has 14 heavy (non-hydrogen) atoms. The minimum absolute atomic E-state index is 0.0875. The van der Waals surface area contributed by atoms with Gasteiger partial charge in [-0.2, -0.15) is 0 Å². The van der Waals surface area contributed by atoms with Crippen molar-refractivity contribution in [1.82, 2.24) is 9.80 Å². The minimum atomic E-state index is -0.0875. The molecule has 0 radical (unpaired) electrons. The monoisotopic (exact) mass is 194 g/mol. The van der Waals surface area contributed by atoms with E-state index >= 15 is 0 Å². The average molecular weight is 194 g/mol. The normalized spacial score (nSPS) is 16.3. The number of urea groups is 1. The minimum Gasteiger partial charge on any atom is -0.324 e. The van der Waals surface area contributed by atoms with Crippen LogP contribution in [0.4, 0.5) is 4.79 Å². The van der Waals surface area contributed by atoms with Crippen molar-refractivity contribution >= 4 is 11.8 Å². The molecule has 0 unspecified atom stereocenters. The van der Waals surface area contributed by atoms with E-state index in [1.807, 2.05) is 0 Å². The standard InChI is InChI=1S/C10H14N2O2/c1-3-6-11(2)10(14)12-7-4-9(13)5-8-12/h1H,4-8H2,2H3. The van der Waals surface area contributed by atoms with Crippen molar-refractivity contribution in [3.8, 4) is 12.3 Å². The molecular weight excluding hydrogens is 180 g/mol. The van der Waals surface area contributed by atoms with Crippen LogP contribution >= 0.6 is 0 Å². The van der Waals surface area contributed by atoms with Gasteiger partial charge in [-0.05, 0) is 0 Å². The van der Waals surface area contributed by atoms with Gasteiger partial charge < -0.3 is 9.80 Å². The molecule has 1 aliphatic rings. The topological polar surface area (TPSA) is 40.6 Å². The third-order valence-corrected chi connectivity index (χ3v) is 2.25. The van der Waals surface area contributed by atoms with Gasteiger partial charge in [0, 0.05) is 33.0 Å². The number of nitrogens with zero attached hydrogens (tertiary/aromatic N) is 2. The Bertz CT molecular complexity index is 270. The SMILES string of the molecule is C#CCN(C)C(=O)N1CCC(=O)CC1. The molecule has 0 spiro atoms. The Kier molecular flexibility index (Phi) is 3.52. The first-order chi connectivity index (χ1) is 6.65. The van der Waals surface area contributed by atoms with Gasteiger partial charge in [-0.15, -0.1) is 6.42 Å². The molecule has 0 aromatic carbocycles. The third-order valence-electron chi connectivity index (χ3n) is 2.25. The average Bonchev–Trinajstić information content (AvgIpc) is 2.18. The van der Waals surface area contributed by atoms with Gasteiger partial charge in [-0.25, -0.2) is 4.79 Å². The van der Waals surface area contributed by atoms with Crippen LogP contribution in [0.1, 0.15) is 12.8 Å². The third kappa shape index (κ3) is 2.49. The summed E-state index contributed by atoms with van der Waals surface area (Å²) in [5.74, 6) is 2.64. The predicted octanol–water partition coefficient (Wildman–Crippen LogP) is 0.336. The molecule has 4 heteroatoms. The van der Waals surface area contributed by atoms with Gasteiger partial charge in [0.2, 0.25) is 0 Å². The Balaban J connectivity index is 2.45. The number of carbonyl (C=O) groups excluding carboxylic acids is 2. The van der Waals surface area contributed by atoms with Crippen LogP contribution in [0.15, 0.2) is 0 Å². The molecule has 1 fully saturated rings. The first-order valence-corrected chi connectivity index (χ1v) is 4.60. The second-order valence-corrected chi connectivity index (χ2v) is 3.37. The zero-order valence-electron chi connectivity index (χ0n) is 8.32. The first-order valence-electron chi connectivity index (χ1n) is 4.60. The molecule has 0 N–H and O–H groups in total. The molecule has 0 saturated carbocycles. The maximum atomic E-state index is 11.6. The number of hydrogen-bond donors (Lipinski definition) is 0. The van der Waals surface area contributed by atoms with E-state index in [4.69, 9.17) is 6.42 Å². The van der Waals surface area contributed by atoms with Gasteiger partial charge in [0.25, 0.3) is 0 Å². The van der Waals surface area contributed by atoms with Crippen molar-refractivity contribution in [2.75, 3.05) is 26.7 Å². The van der Waals surface area contributed by atoms with E-state index in [0.717, 1.165) is 0 Å². The maximum absolute atomic E-state index is 11.6. The predicted molar refractivity (Wildman–Crippen MR) is 52.7 cm³/mol. The molecule has 0 aliphatic carbocycles. The number of hydrogen-bond acceptors (Lipinski definition) is 2. The Morgan fingerprint density at radius 3 is 2.64 bits per heavy atom. The van der Waals surface area contributed by atoms with E-state index in [1.165, 1.54) is 4.90 Å². The molecule has 4 nitrogen and oxygen atoms in total. The summed E-state index contributed by atoms with van der Waals surface area (Å²) < 4.78 is 0. The quantitative estimate of drug-likeness (QED) is 0.565. The number of likely N-dealkylation sites (tertiary alicyclic amines) is 1. The highest BCUT2D eigenvalue weighted by Gasteiger charge is 2.22. The smallest absolute Gasteiger partial charge is 0.320 e. The molecule has 1 aliphatic heterocycles. The summed E-state index contributed by atoms with van der Waals surface area (Å²) in [4.78, 5) is 25.7. The number of terminal acetylenes is 1. The maximum Gasteiger partial charge on any atom is 0.320 e. The van der Waals surface area contributed by atoms with Crippen molar-refractivity contribution in [3.05, 3.63) is 0 Å². The van der Waals surface area contributed by atoms with Crippen molar-refractivity contribution in [2.24, 2.45) is 0 Å². The summed E-state index contributed by atoms with van der Waals surface area (Å²) in [5.41, 5.74) is 0. The van der Waals surface area contributed by atoms with Crippen molar-refractivity contribution in [1.29, 1.82) is 0 Å². The van der Waals surface area contributed by atoms with Crippen LogP contribution in [0, 0.1) is 12.3 Å². The van der Waals surface area contributed by atoms with Gasteiger partial charge in [-0.3, -0.25) is 4.79 Å². The van der Waals surface area contributed by atoms with E-state index in [2.05, 4.69) is 5.92 Å². The molecule has 2 amide bonds. The second-order valence-electron chi connectivity index (χ2n) is 3.37. The molecule has 1 saturated heterocycles.